The summed E-state index contributed by atoms with van der Waals surface area (Å²) in [4.78, 5) is 11.1. The van der Waals surface area contributed by atoms with E-state index in [2.05, 4.69) is 4.74 Å². The Morgan fingerprint density at radius 1 is 1.64 bits per heavy atom. The van der Waals surface area contributed by atoms with Gasteiger partial charge in [0.1, 0.15) is 5.75 Å². The highest BCUT2D eigenvalue weighted by Gasteiger charge is 2.08. The zero-order valence-electron chi connectivity index (χ0n) is 7.78. The van der Waals surface area contributed by atoms with Crippen LogP contribution in [-0.2, 0) is 11.2 Å². The molecule has 2 N–H and O–H groups in total. The number of esters is 1. The second-order valence-electron chi connectivity index (χ2n) is 2.74. The van der Waals surface area contributed by atoms with Crippen LogP contribution in [0.15, 0.2) is 18.2 Å². The number of phenols is 1. The Morgan fingerprint density at radius 2 is 2.36 bits per heavy atom. The molecule has 4 heteroatoms. The second kappa shape index (κ2) is 4.41. The molecule has 0 fully saturated rings. The van der Waals surface area contributed by atoms with Crippen LogP contribution in [0.1, 0.15) is 15.9 Å². The van der Waals surface area contributed by atoms with Crippen molar-refractivity contribution in [3.63, 3.8) is 0 Å². The first kappa shape index (κ1) is 10.2. The molecule has 74 valence electrons. The van der Waals surface area contributed by atoms with Gasteiger partial charge >= 0.3 is 5.97 Å². The van der Waals surface area contributed by atoms with E-state index in [1.165, 1.54) is 25.3 Å². The third kappa shape index (κ3) is 2.10. The highest BCUT2D eigenvalue weighted by molar-refractivity contribution is 5.90. The number of carbonyl (C=O) groups is 1. The lowest BCUT2D eigenvalue weighted by Crippen LogP contribution is -2.02. The number of hydrogen-bond donors (Lipinski definition) is 2. The first-order chi connectivity index (χ1) is 6.69. The number of hydrogen-bond acceptors (Lipinski definition) is 4. The van der Waals surface area contributed by atoms with Gasteiger partial charge in [0.15, 0.2) is 0 Å². The van der Waals surface area contributed by atoms with E-state index in [1.54, 1.807) is 0 Å². The molecule has 14 heavy (non-hydrogen) atoms. The molecule has 0 bridgehead atoms. The molecule has 0 aliphatic carbocycles. The van der Waals surface area contributed by atoms with Crippen molar-refractivity contribution in [2.24, 2.45) is 0 Å². The molecule has 0 unspecified atom stereocenters. The maximum absolute atomic E-state index is 11.1. The summed E-state index contributed by atoms with van der Waals surface area (Å²) in [6, 6.07) is 4.42. The Bertz CT molecular complexity index is 360. The summed E-state index contributed by atoms with van der Waals surface area (Å²) in [5, 5.41) is 16.3. The summed E-state index contributed by atoms with van der Waals surface area (Å²) in [5.74, 6) is -0.364. The maximum Gasteiger partial charge on any atom is 0.337 e. The molecule has 0 aromatic heterocycles. The molecule has 4 nitrogen and oxygen atoms in total. The van der Waals surface area contributed by atoms with Gasteiger partial charge in [-0.25, -0.2) is 4.79 Å². The highest BCUT2D eigenvalue weighted by atomic mass is 16.5. The summed E-state index contributed by atoms with van der Waals surface area (Å²) < 4.78 is 4.53. The Labute approximate surface area is 81.6 Å². The normalized spacial score (nSPS) is 9.50. The number of ether oxygens (including phenoxy) is 1. The number of carbonyl (C=O) groups excluding carboxylic acids is 1. The van der Waals surface area contributed by atoms with E-state index in [1.807, 2.05) is 0 Å². The molecule has 0 aliphatic heterocycles. The minimum atomic E-state index is -0.448. The van der Waals surface area contributed by atoms with Gasteiger partial charge in [-0.05, 0) is 24.4 Å². The molecule has 0 aliphatic rings. The Balaban J connectivity index is 3.05. The number of phenolic OH excluding ortho intramolecular Hbond substituents is 1. The number of nitrogens with one attached hydrogen (secondary N) is 1. The highest BCUT2D eigenvalue weighted by Crippen LogP contribution is 2.18. The van der Waals surface area contributed by atoms with Gasteiger partial charge in [-0.2, -0.15) is 0 Å². The van der Waals surface area contributed by atoms with E-state index in [-0.39, 0.29) is 5.75 Å². The van der Waals surface area contributed by atoms with Crippen LogP contribution in [0.2, 0.25) is 0 Å². The second-order valence-corrected chi connectivity index (χ2v) is 2.74. The summed E-state index contributed by atoms with van der Waals surface area (Å²) in [6.45, 7) is 0. The van der Waals surface area contributed by atoms with Gasteiger partial charge in [-0.3, -0.25) is 0 Å². The van der Waals surface area contributed by atoms with Gasteiger partial charge < -0.3 is 15.3 Å². The maximum atomic E-state index is 11.1. The van der Waals surface area contributed by atoms with Crippen molar-refractivity contribution in [2.75, 3.05) is 7.11 Å². The number of aromatic hydroxyl groups is 1. The lowest BCUT2D eigenvalue weighted by molar-refractivity contribution is 0.0600. The first-order valence-electron chi connectivity index (χ1n) is 4.08. The van der Waals surface area contributed by atoms with Gasteiger partial charge in [-0.15, -0.1) is 0 Å². The van der Waals surface area contributed by atoms with Crippen LogP contribution in [0.3, 0.4) is 0 Å². The van der Waals surface area contributed by atoms with Crippen molar-refractivity contribution in [1.82, 2.24) is 0 Å². The number of rotatable bonds is 3. The van der Waals surface area contributed by atoms with E-state index in [0.29, 0.717) is 17.5 Å². The van der Waals surface area contributed by atoms with Crippen LogP contribution in [0.25, 0.3) is 0 Å². The Hall–Kier alpha value is -1.84. The SMILES string of the molecule is COC(=O)c1ccc(O)c(CC=N)c1. The van der Waals surface area contributed by atoms with E-state index in [9.17, 15) is 9.90 Å². The van der Waals surface area contributed by atoms with Gasteiger partial charge in [-0.1, -0.05) is 0 Å². The number of methoxy groups -OCH3 is 1. The standard InChI is InChI=1S/C10H11NO3/c1-14-10(13)8-2-3-9(12)7(6-8)4-5-11/h2-3,5-6,11-12H,4H2,1H3. The number of benzene rings is 1. The van der Waals surface area contributed by atoms with Crippen molar-refractivity contribution >= 4 is 12.2 Å². The molecule has 1 rings (SSSR count). The fraction of sp³-hybridized carbons (Fsp3) is 0.200. The van der Waals surface area contributed by atoms with Gasteiger partial charge in [0.2, 0.25) is 0 Å². The van der Waals surface area contributed by atoms with Crippen molar-refractivity contribution in [3.05, 3.63) is 29.3 Å². The quantitative estimate of drug-likeness (QED) is 0.562. The third-order valence-electron chi connectivity index (χ3n) is 1.82. The average molecular weight is 193 g/mol. The minimum Gasteiger partial charge on any atom is -0.508 e. The van der Waals surface area contributed by atoms with Crippen LogP contribution < -0.4 is 0 Å². The van der Waals surface area contributed by atoms with E-state index >= 15 is 0 Å². The van der Waals surface area contributed by atoms with Gasteiger partial charge in [0.25, 0.3) is 0 Å². The Morgan fingerprint density at radius 3 is 2.93 bits per heavy atom. The smallest absolute Gasteiger partial charge is 0.337 e. The molecule has 0 spiro atoms. The molecule has 1 aromatic carbocycles. The average Bonchev–Trinajstić information content (AvgIpc) is 2.20. The van der Waals surface area contributed by atoms with Crippen LogP contribution in [0.4, 0.5) is 0 Å². The molecular weight excluding hydrogens is 182 g/mol. The molecule has 0 amide bonds. The van der Waals surface area contributed by atoms with Crippen LogP contribution in [0, 0.1) is 5.41 Å². The van der Waals surface area contributed by atoms with E-state index < -0.39 is 5.97 Å². The van der Waals surface area contributed by atoms with E-state index in [0.717, 1.165) is 6.21 Å². The summed E-state index contributed by atoms with van der Waals surface area (Å²) in [7, 11) is 1.30. The molecule has 0 saturated heterocycles. The Kier molecular flexibility index (Phi) is 3.23. The fourth-order valence-corrected chi connectivity index (χ4v) is 1.10. The summed E-state index contributed by atoms with van der Waals surface area (Å²) >= 11 is 0. The predicted octanol–water partition coefficient (Wildman–Crippen LogP) is 1.37. The predicted molar refractivity (Wildman–Crippen MR) is 51.9 cm³/mol. The van der Waals surface area contributed by atoms with Crippen LogP contribution in [0.5, 0.6) is 5.75 Å². The summed E-state index contributed by atoms with van der Waals surface area (Å²) in [6.07, 6.45) is 1.47. The largest absolute Gasteiger partial charge is 0.508 e. The monoisotopic (exact) mass is 193 g/mol. The van der Waals surface area contributed by atoms with E-state index in [4.69, 9.17) is 5.41 Å². The fourth-order valence-electron chi connectivity index (χ4n) is 1.10. The van der Waals surface area contributed by atoms with Crippen LogP contribution >= 0.6 is 0 Å². The summed E-state index contributed by atoms with van der Waals surface area (Å²) in [5.41, 5.74) is 0.921. The van der Waals surface area contributed by atoms with Crippen molar-refractivity contribution < 1.29 is 14.6 Å². The van der Waals surface area contributed by atoms with Gasteiger partial charge in [0.05, 0.1) is 12.7 Å². The molecule has 0 atom stereocenters. The topological polar surface area (TPSA) is 70.4 Å². The van der Waals surface area contributed by atoms with Crippen LogP contribution in [-0.4, -0.2) is 24.4 Å². The van der Waals surface area contributed by atoms with Crippen molar-refractivity contribution in [3.8, 4) is 5.75 Å². The zero-order valence-corrected chi connectivity index (χ0v) is 7.78. The van der Waals surface area contributed by atoms with Crippen molar-refractivity contribution in [1.29, 1.82) is 5.41 Å². The molecular formula is C10H11NO3. The van der Waals surface area contributed by atoms with Gasteiger partial charge in [0, 0.05) is 12.0 Å². The lowest BCUT2D eigenvalue weighted by atomic mass is 10.1. The third-order valence-corrected chi connectivity index (χ3v) is 1.82. The lowest BCUT2D eigenvalue weighted by Gasteiger charge is -2.03. The molecule has 1 aromatic rings. The molecule has 0 heterocycles. The molecule has 0 radical (unpaired) electrons. The zero-order chi connectivity index (χ0) is 10.6. The first-order valence-corrected chi connectivity index (χ1v) is 4.08. The van der Waals surface area contributed by atoms with Crippen molar-refractivity contribution in [2.45, 2.75) is 6.42 Å². The molecule has 0 saturated carbocycles. The minimum absolute atomic E-state index is 0.0844.